The molecule has 16 heteroatoms. The van der Waals surface area contributed by atoms with Crippen LogP contribution in [0.25, 0.3) is 0 Å². The monoisotopic (exact) mass is 686 g/mol. The van der Waals surface area contributed by atoms with Gasteiger partial charge in [0.15, 0.2) is 5.03 Å². The van der Waals surface area contributed by atoms with Crippen LogP contribution in [-0.4, -0.2) is 55.5 Å². The summed E-state index contributed by atoms with van der Waals surface area (Å²) in [5, 5.41) is 1.22. The van der Waals surface area contributed by atoms with E-state index in [0.29, 0.717) is 25.6 Å². The molecule has 0 spiro atoms. The molecule has 1 aliphatic heterocycles. The summed E-state index contributed by atoms with van der Waals surface area (Å²) in [6, 6.07) is 7.02. The Hall–Kier alpha value is -3.95. The number of nitrogens with zero attached hydrogens (tertiary/aromatic N) is 2. The van der Waals surface area contributed by atoms with Crippen LogP contribution in [0.5, 0.6) is 11.5 Å². The van der Waals surface area contributed by atoms with Gasteiger partial charge in [0.2, 0.25) is 0 Å². The summed E-state index contributed by atoms with van der Waals surface area (Å²) in [6.07, 6.45) is -3.69. The second kappa shape index (κ2) is 13.4. The highest BCUT2D eigenvalue weighted by Gasteiger charge is 2.35. The summed E-state index contributed by atoms with van der Waals surface area (Å²) in [5.74, 6) is -2.28. The maximum Gasteiger partial charge on any atom is 0.417 e. The number of alkyl halides is 3. The van der Waals surface area contributed by atoms with Gasteiger partial charge in [-0.15, -0.1) is 0 Å². The Morgan fingerprint density at radius 3 is 2.46 bits per heavy atom. The molecule has 0 saturated carbocycles. The summed E-state index contributed by atoms with van der Waals surface area (Å²) >= 11 is 5.88. The summed E-state index contributed by atoms with van der Waals surface area (Å²) in [5.41, 5.74) is -2.13. The molecule has 1 aliphatic rings. The van der Waals surface area contributed by atoms with E-state index in [1.165, 1.54) is 24.0 Å². The molecular weight excluding hydrogens is 656 g/mol. The lowest BCUT2D eigenvalue weighted by molar-refractivity contribution is -0.137. The van der Waals surface area contributed by atoms with E-state index in [4.69, 9.17) is 21.1 Å². The van der Waals surface area contributed by atoms with Crippen LogP contribution in [0, 0.1) is 18.7 Å². The molecule has 2 amide bonds. The quantitative estimate of drug-likeness (QED) is 0.250. The third-order valence-corrected chi connectivity index (χ3v) is 8.38. The third kappa shape index (κ3) is 8.85. The summed E-state index contributed by atoms with van der Waals surface area (Å²) in [4.78, 5) is 31.0. The molecule has 0 aliphatic carbocycles. The van der Waals surface area contributed by atoms with Crippen LogP contribution < -0.4 is 14.8 Å². The summed E-state index contributed by atoms with van der Waals surface area (Å²) in [7, 11) is -4.17. The molecule has 1 fully saturated rings. The molecule has 10 nitrogen and oxygen atoms in total. The zero-order valence-electron chi connectivity index (χ0n) is 25.2. The van der Waals surface area contributed by atoms with E-state index < -0.39 is 66.5 Å². The zero-order valence-corrected chi connectivity index (χ0v) is 26.7. The molecule has 2 aromatic carbocycles. The largest absolute Gasteiger partial charge is 0.456 e. The first kappa shape index (κ1) is 34.9. The van der Waals surface area contributed by atoms with Crippen molar-refractivity contribution in [1.29, 1.82) is 0 Å². The molecule has 0 bridgehead atoms. The highest BCUT2D eigenvalue weighted by Crippen LogP contribution is 2.40. The average molecular weight is 687 g/mol. The molecule has 4 rings (SSSR count). The predicted octanol–water partition coefficient (Wildman–Crippen LogP) is 6.78. The van der Waals surface area contributed by atoms with Crippen LogP contribution >= 0.6 is 11.6 Å². The van der Waals surface area contributed by atoms with Crippen LogP contribution in [0.4, 0.5) is 28.0 Å². The zero-order chi connectivity index (χ0) is 34.0. The van der Waals surface area contributed by atoms with Crippen molar-refractivity contribution in [2.24, 2.45) is 5.92 Å². The van der Waals surface area contributed by atoms with Crippen molar-refractivity contribution in [3.63, 3.8) is 0 Å². The van der Waals surface area contributed by atoms with Gasteiger partial charge in [0.25, 0.3) is 15.9 Å². The Bertz CT molecular complexity index is 1750. The number of sulfonamides is 1. The Morgan fingerprint density at radius 1 is 1.09 bits per heavy atom. The van der Waals surface area contributed by atoms with Gasteiger partial charge in [-0.2, -0.15) is 13.2 Å². The second-order valence-corrected chi connectivity index (χ2v) is 13.7. The normalized spacial score (nSPS) is 15.5. The first-order valence-electron chi connectivity index (χ1n) is 13.9. The fourth-order valence-electron chi connectivity index (χ4n) is 4.50. The molecule has 248 valence electrons. The standard InChI is InChI=1S/C30H31ClF4N4O6S/c1-17-11-19(32)5-6-24(17)44-25-14-22(30(33,34)35)23(31)13-21(25)27(40)38-20-7-9-36-26(12-20)46(42,43)37-15-18-8-10-39(16-18)28(41)45-29(2,3)4/h5-7,9,11-14,18,37H,8,10,15-16H2,1-4H3,(H,36,38,40)/t18-/m1/s1. The molecule has 0 radical (unpaired) electrons. The van der Waals surface area contributed by atoms with Gasteiger partial charge in [-0.25, -0.2) is 27.3 Å². The number of rotatable bonds is 8. The summed E-state index contributed by atoms with van der Waals surface area (Å²) < 4.78 is 94.0. The Labute approximate surface area is 268 Å². The van der Waals surface area contributed by atoms with Gasteiger partial charge in [0.1, 0.15) is 22.9 Å². The van der Waals surface area contributed by atoms with Gasteiger partial charge in [0, 0.05) is 37.6 Å². The van der Waals surface area contributed by atoms with Crippen LogP contribution in [0.3, 0.4) is 0 Å². The molecule has 1 atom stereocenters. The Morgan fingerprint density at radius 2 is 1.80 bits per heavy atom. The van der Waals surface area contributed by atoms with E-state index in [1.807, 2.05) is 0 Å². The van der Waals surface area contributed by atoms with E-state index in [0.717, 1.165) is 30.5 Å². The highest BCUT2D eigenvalue weighted by molar-refractivity contribution is 7.89. The fraction of sp³-hybridized carbons (Fsp3) is 0.367. The van der Waals surface area contributed by atoms with Crippen molar-refractivity contribution >= 4 is 39.3 Å². The molecule has 2 N–H and O–H groups in total. The minimum absolute atomic E-state index is 0.00739. The maximum atomic E-state index is 13.6. The van der Waals surface area contributed by atoms with Gasteiger partial charge in [-0.3, -0.25) is 4.79 Å². The third-order valence-electron chi connectivity index (χ3n) is 6.74. The van der Waals surface area contributed by atoms with Crippen molar-refractivity contribution in [2.45, 2.75) is 50.9 Å². The minimum atomic E-state index is -4.88. The van der Waals surface area contributed by atoms with E-state index in [2.05, 4.69) is 15.0 Å². The van der Waals surface area contributed by atoms with E-state index in [-0.39, 0.29) is 29.5 Å². The fourth-order valence-corrected chi connectivity index (χ4v) is 5.86. The molecule has 1 saturated heterocycles. The van der Waals surface area contributed by atoms with Crippen molar-refractivity contribution in [3.8, 4) is 11.5 Å². The van der Waals surface area contributed by atoms with E-state index in [9.17, 15) is 35.6 Å². The number of aromatic nitrogens is 1. The molecule has 0 unspecified atom stereocenters. The molecule has 46 heavy (non-hydrogen) atoms. The average Bonchev–Trinajstić information content (AvgIpc) is 3.42. The van der Waals surface area contributed by atoms with Crippen LogP contribution in [-0.2, 0) is 20.9 Å². The number of nitrogens with one attached hydrogen (secondary N) is 2. The van der Waals surface area contributed by atoms with Crippen molar-refractivity contribution < 1.29 is 45.0 Å². The number of hydrogen-bond acceptors (Lipinski definition) is 7. The van der Waals surface area contributed by atoms with Crippen molar-refractivity contribution in [3.05, 3.63) is 76.2 Å². The Balaban J connectivity index is 1.50. The number of halogens is 5. The Kier molecular flexibility index (Phi) is 10.2. The van der Waals surface area contributed by atoms with Gasteiger partial charge in [-0.05, 0) is 82.0 Å². The van der Waals surface area contributed by atoms with Crippen molar-refractivity contribution in [2.75, 3.05) is 25.0 Å². The SMILES string of the molecule is Cc1cc(F)ccc1Oc1cc(C(F)(F)F)c(Cl)cc1C(=O)Nc1ccnc(S(=O)(=O)NC[C@H]2CCN(C(=O)OC(C)(C)C)C2)c1. The lowest BCUT2D eigenvalue weighted by atomic mass is 10.1. The molecule has 3 aromatic rings. The lowest BCUT2D eigenvalue weighted by Gasteiger charge is -2.24. The number of hydrogen-bond donors (Lipinski definition) is 2. The van der Waals surface area contributed by atoms with Crippen LogP contribution in [0.2, 0.25) is 5.02 Å². The topological polar surface area (TPSA) is 127 Å². The number of amides is 2. The minimum Gasteiger partial charge on any atom is -0.456 e. The number of likely N-dealkylation sites (tertiary alicyclic amines) is 1. The summed E-state index contributed by atoms with van der Waals surface area (Å²) in [6.45, 7) is 7.41. The van der Waals surface area contributed by atoms with Gasteiger partial charge in [0.05, 0.1) is 16.1 Å². The highest BCUT2D eigenvalue weighted by atomic mass is 35.5. The number of ether oxygens (including phenoxy) is 2. The smallest absolute Gasteiger partial charge is 0.417 e. The van der Waals surface area contributed by atoms with Crippen LogP contribution in [0.15, 0.2) is 53.7 Å². The lowest BCUT2D eigenvalue weighted by Crippen LogP contribution is -2.36. The predicted molar refractivity (Wildman–Crippen MR) is 161 cm³/mol. The van der Waals surface area contributed by atoms with Gasteiger partial charge >= 0.3 is 12.3 Å². The van der Waals surface area contributed by atoms with Crippen LogP contribution in [0.1, 0.15) is 48.7 Å². The van der Waals surface area contributed by atoms with E-state index in [1.54, 1.807) is 20.8 Å². The molecule has 2 heterocycles. The van der Waals surface area contributed by atoms with Gasteiger partial charge < -0.3 is 19.7 Å². The number of carbonyl (C=O) groups excluding carboxylic acids is 2. The van der Waals surface area contributed by atoms with E-state index >= 15 is 0 Å². The number of benzene rings is 2. The number of pyridine rings is 1. The number of aryl methyl sites for hydroxylation is 1. The first-order valence-corrected chi connectivity index (χ1v) is 15.8. The van der Waals surface area contributed by atoms with Gasteiger partial charge in [-0.1, -0.05) is 11.6 Å². The number of anilines is 1. The first-order chi connectivity index (χ1) is 21.3. The number of carbonyl (C=O) groups is 2. The molecule has 1 aromatic heterocycles. The molecular formula is C30H31ClF4N4O6S. The van der Waals surface area contributed by atoms with Crippen molar-refractivity contribution in [1.82, 2.24) is 14.6 Å². The second-order valence-electron chi connectivity index (χ2n) is 11.6. The maximum absolute atomic E-state index is 13.6.